The maximum Gasteiger partial charge on any atom is 0.415 e. The van der Waals surface area contributed by atoms with Crippen LogP contribution in [0.4, 0.5) is 32.9 Å². The molecule has 0 saturated carbocycles. The molecular weight excluding hydrogens is 412 g/mol. The van der Waals surface area contributed by atoms with Crippen molar-refractivity contribution in [3.8, 4) is 0 Å². The fraction of sp³-hybridized carbons (Fsp3) is 0.476. The number of nitrogens with zero attached hydrogens (tertiary/aromatic N) is 7. The van der Waals surface area contributed by atoms with E-state index in [0.717, 1.165) is 36.8 Å². The summed E-state index contributed by atoms with van der Waals surface area (Å²) >= 11 is 0. The van der Waals surface area contributed by atoms with Crippen LogP contribution in [0.15, 0.2) is 30.6 Å². The Hall–Kier alpha value is -3.47. The van der Waals surface area contributed by atoms with E-state index in [1.54, 1.807) is 6.07 Å². The molecule has 0 spiro atoms. The molecule has 3 amide bonds. The van der Waals surface area contributed by atoms with Crippen molar-refractivity contribution < 1.29 is 14.7 Å². The molecule has 0 radical (unpaired) electrons. The molecule has 0 aromatic carbocycles. The van der Waals surface area contributed by atoms with Crippen LogP contribution >= 0.6 is 0 Å². The molecule has 32 heavy (non-hydrogen) atoms. The molecule has 2 aliphatic heterocycles. The van der Waals surface area contributed by atoms with Crippen molar-refractivity contribution in [1.82, 2.24) is 24.8 Å². The first-order valence-electron chi connectivity index (χ1n) is 10.7. The number of carboxylic acid groups (broad SMARTS) is 1. The van der Waals surface area contributed by atoms with Crippen molar-refractivity contribution in [3.63, 3.8) is 0 Å². The number of urea groups is 1. The highest BCUT2D eigenvalue weighted by Gasteiger charge is 2.43. The second-order valence-corrected chi connectivity index (χ2v) is 8.41. The van der Waals surface area contributed by atoms with Crippen LogP contribution in [-0.4, -0.2) is 87.8 Å². The van der Waals surface area contributed by atoms with Crippen LogP contribution in [0.25, 0.3) is 0 Å². The number of likely N-dealkylation sites (N-methyl/N-ethyl adjacent to an activating group) is 1. The van der Waals surface area contributed by atoms with Gasteiger partial charge in [0, 0.05) is 32.4 Å². The summed E-state index contributed by atoms with van der Waals surface area (Å²) in [5, 5.41) is 12.4. The fourth-order valence-electron chi connectivity index (χ4n) is 3.93. The Bertz CT molecular complexity index is 975. The van der Waals surface area contributed by atoms with Crippen molar-refractivity contribution >= 4 is 35.4 Å². The number of amides is 3. The first-order chi connectivity index (χ1) is 15.3. The van der Waals surface area contributed by atoms with E-state index < -0.39 is 12.1 Å². The smallest absolute Gasteiger partial charge is 0.415 e. The monoisotopic (exact) mass is 440 g/mol. The van der Waals surface area contributed by atoms with Gasteiger partial charge < -0.3 is 20.2 Å². The molecule has 0 aliphatic carbocycles. The van der Waals surface area contributed by atoms with E-state index in [2.05, 4.69) is 37.1 Å². The van der Waals surface area contributed by atoms with E-state index in [1.165, 1.54) is 11.1 Å². The van der Waals surface area contributed by atoms with Crippen LogP contribution in [0.2, 0.25) is 0 Å². The SMILES string of the molecule is CC(C)[C@H]1CN(C(=O)O)C(=O)N1c1ccnc(Nc2ccc(N3CCN(C)CC3)cn2)n1. The Balaban J connectivity index is 1.49. The zero-order valence-corrected chi connectivity index (χ0v) is 18.5. The van der Waals surface area contributed by atoms with Gasteiger partial charge in [-0.05, 0) is 31.2 Å². The fourth-order valence-corrected chi connectivity index (χ4v) is 3.93. The molecule has 2 aromatic heterocycles. The van der Waals surface area contributed by atoms with Gasteiger partial charge in [-0.3, -0.25) is 4.90 Å². The number of piperazine rings is 1. The maximum absolute atomic E-state index is 12.7. The summed E-state index contributed by atoms with van der Waals surface area (Å²) in [4.78, 5) is 44.2. The van der Waals surface area contributed by atoms with E-state index >= 15 is 0 Å². The molecule has 2 fully saturated rings. The van der Waals surface area contributed by atoms with Crippen molar-refractivity contribution in [3.05, 3.63) is 30.6 Å². The summed E-state index contributed by atoms with van der Waals surface area (Å²) in [6, 6.07) is 4.58. The largest absolute Gasteiger partial charge is 0.465 e. The minimum Gasteiger partial charge on any atom is -0.465 e. The Morgan fingerprint density at radius 2 is 1.91 bits per heavy atom. The molecule has 11 heteroatoms. The van der Waals surface area contributed by atoms with Crippen LogP contribution in [0.5, 0.6) is 0 Å². The summed E-state index contributed by atoms with van der Waals surface area (Å²) in [6.45, 7) is 7.96. The summed E-state index contributed by atoms with van der Waals surface area (Å²) in [7, 11) is 2.12. The molecule has 11 nitrogen and oxygen atoms in total. The number of anilines is 4. The normalized spacial score (nSPS) is 19.7. The lowest BCUT2D eigenvalue weighted by Gasteiger charge is -2.33. The summed E-state index contributed by atoms with van der Waals surface area (Å²) in [5.41, 5.74) is 1.06. The number of hydrogen-bond donors (Lipinski definition) is 2. The molecule has 4 heterocycles. The minimum atomic E-state index is -1.26. The van der Waals surface area contributed by atoms with Crippen LogP contribution in [0.1, 0.15) is 13.8 Å². The van der Waals surface area contributed by atoms with Gasteiger partial charge >= 0.3 is 12.1 Å². The molecule has 0 unspecified atom stereocenters. The number of rotatable bonds is 5. The van der Waals surface area contributed by atoms with Gasteiger partial charge in [-0.15, -0.1) is 0 Å². The molecule has 2 N–H and O–H groups in total. The predicted molar refractivity (Wildman–Crippen MR) is 120 cm³/mol. The van der Waals surface area contributed by atoms with Crippen LogP contribution < -0.4 is 15.1 Å². The second kappa shape index (κ2) is 8.95. The molecule has 2 saturated heterocycles. The topological polar surface area (TPSA) is 118 Å². The van der Waals surface area contributed by atoms with Crippen molar-refractivity contribution in [2.24, 2.45) is 5.92 Å². The van der Waals surface area contributed by atoms with E-state index in [9.17, 15) is 14.7 Å². The second-order valence-electron chi connectivity index (χ2n) is 8.41. The first kappa shape index (κ1) is 21.8. The van der Waals surface area contributed by atoms with Gasteiger partial charge in [0.15, 0.2) is 0 Å². The average Bonchev–Trinajstić information content (AvgIpc) is 3.13. The molecule has 2 aliphatic rings. The summed E-state index contributed by atoms with van der Waals surface area (Å²) in [6.07, 6.45) is 2.10. The number of hydrogen-bond acceptors (Lipinski definition) is 8. The number of aromatic nitrogens is 3. The third-order valence-corrected chi connectivity index (χ3v) is 5.88. The Morgan fingerprint density at radius 1 is 1.16 bits per heavy atom. The van der Waals surface area contributed by atoms with Crippen molar-refractivity contribution in [2.75, 3.05) is 54.9 Å². The summed E-state index contributed by atoms with van der Waals surface area (Å²) in [5.74, 6) is 1.27. The van der Waals surface area contributed by atoms with Crippen LogP contribution in [0, 0.1) is 5.92 Å². The first-order valence-corrected chi connectivity index (χ1v) is 10.7. The standard InChI is InChI=1S/C21H28N8O3/c1-14(2)16-13-28(21(31)32)20(30)29(16)18-6-7-22-19(25-18)24-17-5-4-15(12-23-17)27-10-8-26(3)9-11-27/h4-7,12,14,16H,8-11,13H2,1-3H3,(H,31,32)(H,22,23,24,25)/t16-/m1/s1. The van der Waals surface area contributed by atoms with Gasteiger partial charge in [0.2, 0.25) is 5.95 Å². The van der Waals surface area contributed by atoms with E-state index in [4.69, 9.17) is 0 Å². The highest BCUT2D eigenvalue weighted by molar-refractivity contribution is 6.02. The zero-order chi connectivity index (χ0) is 22.8. The molecule has 2 aromatic rings. The van der Waals surface area contributed by atoms with Gasteiger partial charge in [0.25, 0.3) is 0 Å². The van der Waals surface area contributed by atoms with Gasteiger partial charge in [0.05, 0.1) is 24.5 Å². The lowest BCUT2D eigenvalue weighted by atomic mass is 10.0. The molecule has 0 bridgehead atoms. The highest BCUT2D eigenvalue weighted by Crippen LogP contribution is 2.28. The molecule has 170 valence electrons. The van der Waals surface area contributed by atoms with Crippen molar-refractivity contribution in [2.45, 2.75) is 19.9 Å². The third-order valence-electron chi connectivity index (χ3n) is 5.88. The Morgan fingerprint density at radius 3 is 2.53 bits per heavy atom. The number of pyridine rings is 1. The van der Waals surface area contributed by atoms with E-state index in [0.29, 0.717) is 11.6 Å². The predicted octanol–water partition coefficient (Wildman–Crippen LogP) is 2.31. The van der Waals surface area contributed by atoms with Crippen molar-refractivity contribution in [1.29, 1.82) is 0 Å². The molecule has 4 rings (SSSR count). The highest BCUT2D eigenvalue weighted by atomic mass is 16.4. The molecular formula is C21H28N8O3. The third kappa shape index (κ3) is 4.42. The Labute approximate surface area is 186 Å². The maximum atomic E-state index is 12.7. The Kier molecular flexibility index (Phi) is 6.08. The zero-order valence-electron chi connectivity index (χ0n) is 18.5. The average molecular weight is 441 g/mol. The lowest BCUT2D eigenvalue weighted by molar-refractivity contribution is 0.157. The van der Waals surface area contributed by atoms with E-state index in [1.807, 2.05) is 32.2 Å². The summed E-state index contributed by atoms with van der Waals surface area (Å²) < 4.78 is 0. The minimum absolute atomic E-state index is 0.0541. The van der Waals surface area contributed by atoms with Gasteiger partial charge in [-0.25, -0.2) is 24.5 Å². The quantitative estimate of drug-likeness (QED) is 0.722. The number of nitrogens with one attached hydrogen (secondary N) is 1. The van der Waals surface area contributed by atoms with Gasteiger partial charge in [-0.2, -0.15) is 4.98 Å². The number of carbonyl (C=O) groups excluding carboxylic acids is 1. The van der Waals surface area contributed by atoms with Crippen LogP contribution in [-0.2, 0) is 0 Å². The van der Waals surface area contributed by atoms with Gasteiger partial charge in [0.1, 0.15) is 11.6 Å². The van der Waals surface area contributed by atoms with Gasteiger partial charge in [-0.1, -0.05) is 13.8 Å². The van der Waals surface area contributed by atoms with Crippen LogP contribution in [0.3, 0.4) is 0 Å². The molecule has 1 atom stereocenters. The van der Waals surface area contributed by atoms with E-state index in [-0.39, 0.29) is 24.5 Å². The lowest BCUT2D eigenvalue weighted by Crippen LogP contribution is -2.44. The number of carbonyl (C=O) groups is 2. The number of imide groups is 1.